The molecule has 0 aliphatic heterocycles. The molecule has 4 heteroatoms. The first kappa shape index (κ1) is 12.8. The lowest BCUT2D eigenvalue weighted by molar-refractivity contribution is -0.124. The third-order valence-corrected chi connectivity index (χ3v) is 2.58. The summed E-state index contributed by atoms with van der Waals surface area (Å²) in [7, 11) is 1.95. The molecular weight excluding hydrogens is 202 g/mol. The van der Waals surface area contributed by atoms with Gasteiger partial charge in [0.2, 0.25) is 5.91 Å². The number of carbonyl (C=O) groups is 1. The smallest absolute Gasteiger partial charge is 0.237 e. The van der Waals surface area contributed by atoms with Gasteiger partial charge in [0, 0.05) is 26.0 Å². The summed E-state index contributed by atoms with van der Waals surface area (Å²) >= 11 is 0. The van der Waals surface area contributed by atoms with Crippen LogP contribution >= 0.6 is 0 Å². The van der Waals surface area contributed by atoms with Gasteiger partial charge in [-0.15, -0.1) is 0 Å². The highest BCUT2D eigenvalue weighted by atomic mass is 16.2. The summed E-state index contributed by atoms with van der Waals surface area (Å²) in [5.74, 6) is -0.101. The van der Waals surface area contributed by atoms with E-state index in [1.54, 1.807) is 0 Å². The summed E-state index contributed by atoms with van der Waals surface area (Å²) in [6.07, 6.45) is 3.92. The van der Waals surface area contributed by atoms with Crippen LogP contribution in [0.25, 0.3) is 0 Å². The molecule has 1 rings (SSSR count). The molecular formula is C12H21N3O. The van der Waals surface area contributed by atoms with Crippen molar-refractivity contribution in [1.82, 2.24) is 9.88 Å². The zero-order valence-electron chi connectivity index (χ0n) is 10.4. The molecule has 90 valence electrons. The molecule has 0 fully saturated rings. The van der Waals surface area contributed by atoms with E-state index in [9.17, 15) is 4.79 Å². The zero-order valence-corrected chi connectivity index (χ0v) is 10.4. The van der Waals surface area contributed by atoms with Crippen LogP contribution in [0, 0.1) is 5.41 Å². The van der Waals surface area contributed by atoms with E-state index in [1.165, 1.54) is 0 Å². The molecule has 1 aromatic rings. The minimum atomic E-state index is -0.476. The molecule has 1 atom stereocenters. The van der Waals surface area contributed by atoms with E-state index in [4.69, 9.17) is 5.73 Å². The Labute approximate surface area is 96.8 Å². The Hall–Kier alpha value is -1.29. The first-order valence-corrected chi connectivity index (χ1v) is 5.45. The van der Waals surface area contributed by atoms with Gasteiger partial charge in [0.1, 0.15) is 0 Å². The van der Waals surface area contributed by atoms with Crippen molar-refractivity contribution in [3.8, 4) is 0 Å². The van der Waals surface area contributed by atoms with Gasteiger partial charge in [0.15, 0.2) is 0 Å². The highest BCUT2D eigenvalue weighted by molar-refractivity contribution is 5.82. The number of hydrogen-bond donors (Lipinski definition) is 2. The first-order valence-electron chi connectivity index (χ1n) is 5.45. The summed E-state index contributed by atoms with van der Waals surface area (Å²) < 4.78 is 1.95. The van der Waals surface area contributed by atoms with E-state index in [0.29, 0.717) is 6.54 Å². The number of rotatable bonds is 3. The van der Waals surface area contributed by atoms with Gasteiger partial charge in [-0.1, -0.05) is 20.8 Å². The van der Waals surface area contributed by atoms with Gasteiger partial charge in [0.05, 0.1) is 6.04 Å². The summed E-state index contributed by atoms with van der Waals surface area (Å²) in [5, 5.41) is 2.84. The van der Waals surface area contributed by atoms with E-state index in [-0.39, 0.29) is 11.3 Å². The predicted octanol–water partition coefficient (Wildman–Crippen LogP) is 1.01. The molecule has 4 nitrogen and oxygen atoms in total. The van der Waals surface area contributed by atoms with E-state index in [0.717, 1.165) is 5.56 Å². The van der Waals surface area contributed by atoms with Crippen molar-refractivity contribution in [1.29, 1.82) is 0 Å². The van der Waals surface area contributed by atoms with Crippen molar-refractivity contribution < 1.29 is 4.79 Å². The molecule has 1 amide bonds. The van der Waals surface area contributed by atoms with Gasteiger partial charge in [-0.05, 0) is 17.0 Å². The van der Waals surface area contributed by atoms with Gasteiger partial charge in [-0.2, -0.15) is 0 Å². The maximum absolute atomic E-state index is 11.7. The normalized spacial score (nSPS) is 13.6. The van der Waals surface area contributed by atoms with E-state index >= 15 is 0 Å². The number of aromatic nitrogens is 1. The molecule has 0 saturated heterocycles. The Bertz CT molecular complexity index is 363. The summed E-state index contributed by atoms with van der Waals surface area (Å²) in [6, 6.07) is 1.50. The maximum Gasteiger partial charge on any atom is 0.237 e. The number of nitrogens with two attached hydrogens (primary N) is 1. The maximum atomic E-state index is 11.7. The number of aryl methyl sites for hydroxylation is 1. The molecule has 0 unspecified atom stereocenters. The van der Waals surface area contributed by atoms with Gasteiger partial charge in [0.25, 0.3) is 0 Å². The molecule has 0 bridgehead atoms. The molecule has 16 heavy (non-hydrogen) atoms. The minimum Gasteiger partial charge on any atom is -0.357 e. The molecule has 1 heterocycles. The molecule has 0 aliphatic rings. The Morgan fingerprint density at radius 2 is 2.19 bits per heavy atom. The van der Waals surface area contributed by atoms with Crippen LogP contribution in [0.15, 0.2) is 18.5 Å². The first-order chi connectivity index (χ1) is 7.30. The fraction of sp³-hybridized carbons (Fsp3) is 0.583. The molecule has 0 aliphatic carbocycles. The van der Waals surface area contributed by atoms with Crippen LogP contribution in [-0.2, 0) is 18.4 Å². The fourth-order valence-corrected chi connectivity index (χ4v) is 1.36. The van der Waals surface area contributed by atoms with Crippen molar-refractivity contribution in [2.75, 3.05) is 0 Å². The number of carbonyl (C=O) groups excluding carboxylic acids is 1. The second-order valence-electron chi connectivity index (χ2n) is 5.25. The Morgan fingerprint density at radius 1 is 1.56 bits per heavy atom. The molecule has 3 N–H and O–H groups in total. The van der Waals surface area contributed by atoms with E-state index in [1.807, 2.05) is 50.8 Å². The Morgan fingerprint density at radius 3 is 2.62 bits per heavy atom. The van der Waals surface area contributed by atoms with Crippen molar-refractivity contribution in [2.24, 2.45) is 18.2 Å². The van der Waals surface area contributed by atoms with Gasteiger partial charge in [-0.3, -0.25) is 4.79 Å². The largest absolute Gasteiger partial charge is 0.357 e. The van der Waals surface area contributed by atoms with E-state index < -0.39 is 6.04 Å². The number of hydrogen-bond acceptors (Lipinski definition) is 2. The van der Waals surface area contributed by atoms with Crippen LogP contribution in [-0.4, -0.2) is 16.5 Å². The monoisotopic (exact) mass is 223 g/mol. The SMILES string of the molecule is Cn1ccc(CNC(=O)[C@@H](N)C(C)(C)C)c1. The van der Waals surface area contributed by atoms with Crippen molar-refractivity contribution in [3.63, 3.8) is 0 Å². The number of amides is 1. The summed E-state index contributed by atoms with van der Waals surface area (Å²) in [6.45, 7) is 6.41. The number of nitrogens with zero attached hydrogens (tertiary/aromatic N) is 1. The topological polar surface area (TPSA) is 60.0 Å². The summed E-state index contributed by atoms with van der Waals surface area (Å²) in [4.78, 5) is 11.7. The Kier molecular flexibility index (Phi) is 3.75. The molecule has 0 saturated carbocycles. The van der Waals surface area contributed by atoms with Crippen LogP contribution in [0.3, 0.4) is 0 Å². The quantitative estimate of drug-likeness (QED) is 0.803. The third-order valence-electron chi connectivity index (χ3n) is 2.58. The average molecular weight is 223 g/mol. The molecule has 0 spiro atoms. The van der Waals surface area contributed by atoms with Crippen molar-refractivity contribution in [3.05, 3.63) is 24.0 Å². The second kappa shape index (κ2) is 4.70. The van der Waals surface area contributed by atoms with Crippen LogP contribution in [0.4, 0.5) is 0 Å². The second-order valence-corrected chi connectivity index (χ2v) is 5.25. The zero-order chi connectivity index (χ0) is 12.3. The third kappa shape index (κ3) is 3.38. The lowest BCUT2D eigenvalue weighted by Gasteiger charge is -2.25. The standard InChI is InChI=1S/C12H21N3O/c1-12(2,3)10(13)11(16)14-7-9-5-6-15(4)8-9/h5-6,8,10H,7,13H2,1-4H3,(H,14,16)/t10-/m1/s1. The van der Waals surface area contributed by atoms with E-state index in [2.05, 4.69) is 5.32 Å². The van der Waals surface area contributed by atoms with Crippen molar-refractivity contribution >= 4 is 5.91 Å². The minimum absolute atomic E-state index is 0.101. The van der Waals surface area contributed by atoms with Crippen LogP contribution in [0.5, 0.6) is 0 Å². The van der Waals surface area contributed by atoms with Crippen LogP contribution < -0.4 is 11.1 Å². The highest BCUT2D eigenvalue weighted by Crippen LogP contribution is 2.17. The molecule has 0 radical (unpaired) electrons. The lowest BCUT2D eigenvalue weighted by atomic mass is 9.87. The van der Waals surface area contributed by atoms with Crippen LogP contribution in [0.2, 0.25) is 0 Å². The van der Waals surface area contributed by atoms with Gasteiger partial charge >= 0.3 is 0 Å². The van der Waals surface area contributed by atoms with Gasteiger partial charge < -0.3 is 15.6 Å². The fourth-order valence-electron chi connectivity index (χ4n) is 1.36. The van der Waals surface area contributed by atoms with Crippen LogP contribution in [0.1, 0.15) is 26.3 Å². The number of nitrogens with one attached hydrogen (secondary N) is 1. The van der Waals surface area contributed by atoms with Gasteiger partial charge in [-0.25, -0.2) is 0 Å². The Balaban J connectivity index is 2.47. The molecule has 1 aromatic heterocycles. The molecule has 0 aromatic carbocycles. The predicted molar refractivity (Wildman–Crippen MR) is 64.7 cm³/mol. The summed E-state index contributed by atoms with van der Waals surface area (Å²) in [5.41, 5.74) is 6.72. The highest BCUT2D eigenvalue weighted by Gasteiger charge is 2.26. The average Bonchev–Trinajstić information content (AvgIpc) is 2.58. The van der Waals surface area contributed by atoms with Crippen molar-refractivity contribution in [2.45, 2.75) is 33.4 Å². The lowest BCUT2D eigenvalue weighted by Crippen LogP contribution is -2.48.